The van der Waals surface area contributed by atoms with Crippen molar-refractivity contribution in [1.29, 1.82) is 5.26 Å². The highest BCUT2D eigenvalue weighted by Crippen LogP contribution is 2.50. The van der Waals surface area contributed by atoms with Crippen LogP contribution in [-0.2, 0) is 38.0 Å². The van der Waals surface area contributed by atoms with Crippen LogP contribution in [0, 0.1) is 22.2 Å². The average molecular weight is 1190 g/mol. The van der Waals surface area contributed by atoms with E-state index in [9.17, 15) is 32.4 Å². The van der Waals surface area contributed by atoms with Gasteiger partial charge in [-0.3, -0.25) is 9.59 Å². The zero-order chi connectivity index (χ0) is 60.3. The van der Waals surface area contributed by atoms with Crippen molar-refractivity contribution in [3.63, 3.8) is 0 Å². The normalized spacial score (nSPS) is 15.1. The summed E-state index contributed by atoms with van der Waals surface area (Å²) >= 11 is 6.76. The van der Waals surface area contributed by atoms with Gasteiger partial charge < -0.3 is 19.8 Å². The number of hydrogen-bond donors (Lipinski definition) is 2. The van der Waals surface area contributed by atoms with Gasteiger partial charge in [-0.2, -0.15) is 5.26 Å². The number of nitrogens with zero attached hydrogens (tertiary/aromatic N) is 13. The van der Waals surface area contributed by atoms with E-state index in [1.54, 1.807) is 57.1 Å². The van der Waals surface area contributed by atoms with Crippen molar-refractivity contribution >= 4 is 66.6 Å². The van der Waals surface area contributed by atoms with Gasteiger partial charge in [-0.25, -0.2) is 46.9 Å². The molecule has 2 atom stereocenters. The lowest BCUT2D eigenvalue weighted by molar-refractivity contribution is 0.0590. The van der Waals surface area contributed by atoms with E-state index in [1.165, 1.54) is 31.2 Å². The average Bonchev–Trinajstić information content (AvgIpc) is 1.91. The molecular weight excluding hydrogens is 1120 g/mol. The third kappa shape index (κ3) is 11.9. The molecule has 10 aromatic rings. The molecule has 2 N–H and O–H groups in total. The molecule has 0 spiro atoms. The van der Waals surface area contributed by atoms with Gasteiger partial charge in [0.2, 0.25) is 0 Å². The minimum atomic E-state index is -2.56. The van der Waals surface area contributed by atoms with Gasteiger partial charge in [0.15, 0.2) is 0 Å². The molecular formula is C64H68ClF4N15O2. The van der Waals surface area contributed by atoms with Gasteiger partial charge in [0, 0.05) is 85.4 Å². The number of aromatic nitrogens is 12. The lowest BCUT2D eigenvalue weighted by Gasteiger charge is -2.21. The van der Waals surface area contributed by atoms with Crippen molar-refractivity contribution in [2.24, 2.45) is 24.9 Å². The fourth-order valence-electron chi connectivity index (χ4n) is 11.0. The number of anilines is 2. The second kappa shape index (κ2) is 23.3. The molecule has 2 saturated carbocycles. The van der Waals surface area contributed by atoms with Crippen LogP contribution in [-0.4, -0.2) is 85.0 Å². The van der Waals surface area contributed by atoms with Gasteiger partial charge in [-0.1, -0.05) is 95.3 Å². The molecule has 86 heavy (non-hydrogen) atoms. The largest absolute Gasteiger partial charge is 0.369 e. The van der Waals surface area contributed by atoms with Crippen LogP contribution in [0.1, 0.15) is 126 Å². The lowest BCUT2D eigenvalue weighted by Crippen LogP contribution is -2.26. The summed E-state index contributed by atoms with van der Waals surface area (Å²) in [6, 6.07) is 24.8. The first kappa shape index (κ1) is 60.5. The zero-order valence-corrected chi connectivity index (χ0v) is 49.1. The van der Waals surface area contributed by atoms with Crippen molar-refractivity contribution < 1.29 is 17.6 Å². The summed E-state index contributed by atoms with van der Waals surface area (Å²) < 4.78 is 61.5. The summed E-state index contributed by atoms with van der Waals surface area (Å²) in [4.78, 5) is 43.8. The molecule has 2 aliphatic rings. The molecule has 2 aliphatic carbocycles. The molecule has 2 fully saturated rings. The van der Waals surface area contributed by atoms with Crippen molar-refractivity contribution in [3.8, 4) is 6.07 Å². The monoisotopic (exact) mass is 1190 g/mol. The minimum Gasteiger partial charge on any atom is -0.369 e. The summed E-state index contributed by atoms with van der Waals surface area (Å²) in [6.07, 6.45) is 6.71. The third-order valence-electron chi connectivity index (χ3n) is 16.2. The molecule has 6 heterocycles. The van der Waals surface area contributed by atoms with E-state index in [4.69, 9.17) is 11.6 Å². The van der Waals surface area contributed by atoms with E-state index in [-0.39, 0.29) is 29.4 Å². The van der Waals surface area contributed by atoms with Gasteiger partial charge >= 0.3 is 0 Å². The molecule has 17 nitrogen and oxygen atoms in total. The Bertz CT molecular complexity index is 4360. The summed E-state index contributed by atoms with van der Waals surface area (Å²) in [5.41, 5.74) is 3.13. The molecule has 22 heteroatoms. The molecule has 0 saturated heterocycles. The van der Waals surface area contributed by atoms with E-state index in [0.29, 0.717) is 112 Å². The van der Waals surface area contributed by atoms with Crippen LogP contribution in [0.3, 0.4) is 0 Å². The number of nitrogens with one attached hydrogen (secondary N) is 2. The van der Waals surface area contributed by atoms with Gasteiger partial charge in [0.25, 0.3) is 24.0 Å². The number of halogens is 5. The predicted molar refractivity (Wildman–Crippen MR) is 327 cm³/mol. The van der Waals surface area contributed by atoms with Gasteiger partial charge in [0.05, 0.1) is 33.0 Å². The van der Waals surface area contributed by atoms with Crippen molar-refractivity contribution in [1.82, 2.24) is 59.1 Å². The van der Waals surface area contributed by atoms with Crippen LogP contribution in [0.25, 0.3) is 43.4 Å². The van der Waals surface area contributed by atoms with Crippen molar-refractivity contribution in [2.45, 2.75) is 123 Å². The maximum Gasteiger partial charge on any atom is 0.263 e. The van der Waals surface area contributed by atoms with E-state index in [1.807, 2.05) is 54.6 Å². The first-order valence-corrected chi connectivity index (χ1v) is 28.5. The molecule has 4 aromatic carbocycles. The number of nitriles is 1. The first-order chi connectivity index (χ1) is 40.5. The van der Waals surface area contributed by atoms with Crippen molar-refractivity contribution in [2.75, 3.05) is 23.7 Å². The van der Waals surface area contributed by atoms with Crippen LogP contribution >= 0.6 is 11.6 Å². The SMILES string of the molecule is C.Cn1ccc2c([C@H](Cc3cc(C#N)c4ncnc(NCC(C)(C)C)c4c3)c3cn(C4(C(F)F)CC4)nn3)cccc2c1=O.Cn1ccc2c([C@H](Cc3cc(Cl)c4ncnc(NCC(C)(C)C)c4c3)c3cn(C4(C(F)F)CC4)nn3)cccc2c1=O. The Morgan fingerprint density at radius 1 is 0.605 bits per heavy atom. The van der Waals surface area contributed by atoms with E-state index in [2.05, 4.69) is 98.8 Å². The fourth-order valence-corrected chi connectivity index (χ4v) is 11.3. The van der Waals surface area contributed by atoms with E-state index in [0.717, 1.165) is 38.4 Å². The summed E-state index contributed by atoms with van der Waals surface area (Å²) in [6.45, 7) is 14.1. The first-order valence-electron chi connectivity index (χ1n) is 28.1. The minimum absolute atomic E-state index is 0. The maximum absolute atomic E-state index is 14.0. The lowest BCUT2D eigenvalue weighted by atomic mass is 9.86. The molecule has 6 aromatic heterocycles. The molecule has 0 amide bonds. The highest BCUT2D eigenvalue weighted by atomic mass is 35.5. The number of fused-ring (bicyclic) bond motifs is 4. The maximum atomic E-state index is 14.0. The van der Waals surface area contributed by atoms with Crippen LogP contribution in [0.5, 0.6) is 0 Å². The Morgan fingerprint density at radius 2 is 1.03 bits per heavy atom. The van der Waals surface area contributed by atoms with Gasteiger partial charge in [-0.15, -0.1) is 10.2 Å². The third-order valence-corrected chi connectivity index (χ3v) is 16.5. The smallest absolute Gasteiger partial charge is 0.263 e. The number of alkyl halides is 4. The fraction of sp³-hybridized carbons (Fsp3) is 0.391. The predicted octanol–water partition coefficient (Wildman–Crippen LogP) is 12.5. The molecule has 0 radical (unpaired) electrons. The number of aryl methyl sites for hydroxylation is 2. The quantitative estimate of drug-likeness (QED) is 0.0865. The van der Waals surface area contributed by atoms with Gasteiger partial charge in [-0.05, 0) is 131 Å². The van der Waals surface area contributed by atoms with Crippen LogP contribution in [0.15, 0.2) is 120 Å². The summed E-state index contributed by atoms with van der Waals surface area (Å²) in [5, 5.41) is 38.6. The zero-order valence-electron chi connectivity index (χ0n) is 48.4. The Labute approximate surface area is 499 Å². The molecule has 0 unspecified atom stereocenters. The van der Waals surface area contributed by atoms with E-state index >= 15 is 0 Å². The Hall–Kier alpha value is -8.64. The number of rotatable bonds is 16. The van der Waals surface area contributed by atoms with Crippen LogP contribution in [0.2, 0.25) is 5.02 Å². The second-order valence-electron chi connectivity index (χ2n) is 25.0. The molecule has 12 rings (SSSR count). The number of benzene rings is 4. The molecule has 0 bridgehead atoms. The molecule has 446 valence electrons. The second-order valence-corrected chi connectivity index (χ2v) is 25.4. The highest BCUT2D eigenvalue weighted by Gasteiger charge is 2.55. The highest BCUT2D eigenvalue weighted by molar-refractivity contribution is 6.35. The Morgan fingerprint density at radius 3 is 1.45 bits per heavy atom. The summed E-state index contributed by atoms with van der Waals surface area (Å²) in [7, 11) is 3.41. The molecule has 0 aliphatic heterocycles. The standard InChI is InChI=1S/C32H32F2N8O.C31H32ClF2N7O.CH4/c1-31(2,3)17-36-28-25-14-19(12-20(15-35)27(25)37-18-38-28)13-24(26-16-42(40-39-26)32(9-10-32)30(33)34)21-6-5-7-23-22(21)8-11-41(4)29(23)43;1-30(2,3)16-35-27-23-13-18(14-24(32)26(23)36-17-37-27)12-22(25-15-41(39-38-25)31(9-10-31)29(33)34)19-6-5-7-21-20(19)8-11-40(4)28(21)42;/h5-8,11-12,14,16,18,24,30H,9-10,13,17H2,1-4H3,(H,36,37,38);5-8,11,13-15,17,22,29H,9-10,12,16H2,1-4H3,(H,35,36,37);1H4/t24-;22-;/m00./s1. The van der Waals surface area contributed by atoms with Crippen LogP contribution in [0.4, 0.5) is 29.2 Å². The number of hydrogen-bond acceptors (Lipinski definition) is 13. The van der Waals surface area contributed by atoms with Gasteiger partial charge in [0.1, 0.15) is 41.4 Å². The topological polar surface area (TPSA) is 205 Å². The van der Waals surface area contributed by atoms with Crippen LogP contribution < -0.4 is 21.8 Å². The van der Waals surface area contributed by atoms with E-state index < -0.39 is 35.8 Å². The number of pyridine rings is 2. The van der Waals surface area contributed by atoms with Crippen molar-refractivity contribution in [3.05, 3.63) is 175 Å². The summed E-state index contributed by atoms with van der Waals surface area (Å²) in [5.74, 6) is 0.467. The Kier molecular flexibility index (Phi) is 16.4. The Balaban J connectivity index is 0.000000189.